The molecule has 3 atom stereocenters. The fraction of sp³-hybridized carbons (Fsp3) is 0.727. The largest absolute Gasteiger partial charge is 0.346 e. The molecule has 2 fully saturated rings. The van der Waals surface area contributed by atoms with E-state index in [1.807, 2.05) is 27.0 Å². The number of ketones is 1. The van der Waals surface area contributed by atoms with Gasteiger partial charge in [0.25, 0.3) is 0 Å². The Kier molecular flexibility index (Phi) is 27.0. The minimum atomic E-state index is -0.903. The number of amides is 4. The van der Waals surface area contributed by atoms with E-state index in [0.29, 0.717) is 38.6 Å². The van der Waals surface area contributed by atoms with Crippen LogP contribution in [-0.4, -0.2) is 80.6 Å². The van der Waals surface area contributed by atoms with Gasteiger partial charge in [0.15, 0.2) is 6.29 Å². The Morgan fingerprint density at radius 3 is 2.14 bits per heavy atom. The highest BCUT2D eigenvalue weighted by molar-refractivity contribution is 6.27. The van der Waals surface area contributed by atoms with Gasteiger partial charge in [0.2, 0.25) is 17.6 Å². The van der Waals surface area contributed by atoms with Crippen LogP contribution in [0.25, 0.3) is 0 Å². The number of piperidine rings is 1. The Bertz CT molecular complexity index is 851. The summed E-state index contributed by atoms with van der Waals surface area (Å²) in [5, 5.41) is 10.9. The fourth-order valence-electron chi connectivity index (χ4n) is 4.86. The second kappa shape index (κ2) is 27.6. The summed E-state index contributed by atoms with van der Waals surface area (Å²) < 4.78 is 0. The Hall–Kier alpha value is -3.19. The van der Waals surface area contributed by atoms with E-state index in [2.05, 4.69) is 47.6 Å². The molecule has 0 aromatic heterocycles. The van der Waals surface area contributed by atoms with Crippen molar-refractivity contribution in [1.82, 2.24) is 26.2 Å². The number of aldehydes is 1. The molecule has 246 valence electrons. The number of hydrogen-bond donors (Lipinski definition) is 4. The molecule has 1 aliphatic heterocycles. The Labute approximate surface area is 260 Å². The molecule has 1 saturated heterocycles. The average Bonchev–Trinajstić information content (AvgIpc) is 3.04. The highest BCUT2D eigenvalue weighted by Gasteiger charge is 2.37. The van der Waals surface area contributed by atoms with E-state index in [9.17, 15) is 24.0 Å². The molecule has 2 aliphatic rings. The summed E-state index contributed by atoms with van der Waals surface area (Å²) in [6.45, 7) is 13.4. The number of nitrogens with one attached hydrogen (secondary N) is 4. The molecule has 0 radical (unpaired) electrons. The molecule has 0 bridgehead atoms. The van der Waals surface area contributed by atoms with Gasteiger partial charge in [0, 0.05) is 33.1 Å². The first-order chi connectivity index (χ1) is 20.7. The van der Waals surface area contributed by atoms with Crippen molar-refractivity contribution < 1.29 is 24.0 Å². The molecule has 2 rings (SSSR count). The van der Waals surface area contributed by atoms with E-state index < -0.39 is 29.8 Å². The van der Waals surface area contributed by atoms with Gasteiger partial charge >= 0.3 is 6.03 Å². The standard InChI is InChI=1S/C24H36N4O5.C4H9N.C3H8.C2H6/c1-3-4-6-13-19(20(30)16-29)26-22(31)18-12-9-14-28(15-18)23(32)21(27-24(33)25-2)17-10-7-5-8-11-17;1-3-4-5-2;1-3-2;1-2/h1,16-19,21H,4-15H2,2H3,(H,26,31)(H2,25,27,33);3,5H,1,4H2,2H3;3H2,1-2H3;1-2H3. The van der Waals surface area contributed by atoms with Crippen LogP contribution in [0.15, 0.2) is 12.7 Å². The summed E-state index contributed by atoms with van der Waals surface area (Å²) in [6.07, 6.45) is 16.0. The van der Waals surface area contributed by atoms with Crippen molar-refractivity contribution in [3.63, 3.8) is 0 Å². The third kappa shape index (κ3) is 18.2. The zero-order valence-electron chi connectivity index (χ0n) is 27.6. The first-order valence-electron chi connectivity index (χ1n) is 16.0. The quantitative estimate of drug-likeness (QED) is 0.0873. The zero-order valence-corrected chi connectivity index (χ0v) is 27.6. The Morgan fingerprint density at radius 2 is 1.65 bits per heavy atom. The summed E-state index contributed by atoms with van der Waals surface area (Å²) in [5.74, 6) is 0.871. The molecule has 0 aromatic carbocycles. The van der Waals surface area contributed by atoms with E-state index in [1.165, 1.54) is 13.5 Å². The molecule has 10 nitrogen and oxygen atoms in total. The van der Waals surface area contributed by atoms with Crippen LogP contribution in [0.5, 0.6) is 0 Å². The zero-order chi connectivity index (χ0) is 33.0. The molecule has 1 aliphatic carbocycles. The number of hydrogen-bond acceptors (Lipinski definition) is 6. The van der Waals surface area contributed by atoms with Crippen LogP contribution < -0.4 is 21.3 Å². The SMILES string of the molecule is C#CCCCC(NC(=O)C1CCCN(C(=O)C(NC(=O)NC)C2CCCCC2)C1)C(=O)C=O.C=CCNC.CC.CCC. The van der Waals surface area contributed by atoms with Crippen molar-refractivity contribution >= 4 is 29.9 Å². The van der Waals surface area contributed by atoms with Crippen molar-refractivity contribution in [2.75, 3.05) is 33.7 Å². The Morgan fingerprint density at radius 1 is 1.02 bits per heavy atom. The molecular weight excluding hydrogens is 546 g/mol. The average molecular weight is 606 g/mol. The maximum absolute atomic E-state index is 13.4. The molecule has 4 amide bonds. The number of urea groups is 1. The van der Waals surface area contributed by atoms with Crippen molar-refractivity contribution in [3.05, 3.63) is 12.7 Å². The van der Waals surface area contributed by atoms with E-state index in [1.54, 1.807) is 4.90 Å². The fourth-order valence-corrected chi connectivity index (χ4v) is 4.86. The summed E-state index contributed by atoms with van der Waals surface area (Å²) >= 11 is 0. The molecular formula is C33H59N5O5. The third-order valence-electron chi connectivity index (χ3n) is 6.94. The molecule has 10 heteroatoms. The number of likely N-dealkylation sites (tertiary alicyclic amines) is 1. The highest BCUT2D eigenvalue weighted by atomic mass is 16.2. The minimum absolute atomic E-state index is 0.0727. The lowest BCUT2D eigenvalue weighted by Crippen LogP contribution is -2.57. The van der Waals surface area contributed by atoms with Gasteiger partial charge in [0.1, 0.15) is 6.04 Å². The minimum Gasteiger partial charge on any atom is -0.346 e. The van der Waals surface area contributed by atoms with Crippen LogP contribution in [-0.2, 0) is 19.2 Å². The van der Waals surface area contributed by atoms with Gasteiger partial charge in [-0.05, 0) is 51.5 Å². The second-order valence-corrected chi connectivity index (χ2v) is 10.5. The summed E-state index contributed by atoms with van der Waals surface area (Å²) in [5.41, 5.74) is 0. The van der Waals surface area contributed by atoms with Crippen molar-refractivity contribution in [2.45, 2.75) is 110 Å². The summed E-state index contributed by atoms with van der Waals surface area (Å²) in [6, 6.07) is -1.92. The predicted molar refractivity (Wildman–Crippen MR) is 174 cm³/mol. The number of terminal acetylenes is 1. The predicted octanol–water partition coefficient (Wildman–Crippen LogP) is 3.99. The Balaban J connectivity index is 0. The van der Waals surface area contributed by atoms with E-state index >= 15 is 0 Å². The van der Waals surface area contributed by atoms with E-state index in [0.717, 1.165) is 38.6 Å². The number of unbranched alkanes of at least 4 members (excludes halogenated alkanes) is 1. The van der Waals surface area contributed by atoms with Gasteiger partial charge in [-0.2, -0.15) is 0 Å². The summed E-state index contributed by atoms with van der Waals surface area (Å²) in [7, 11) is 3.40. The van der Waals surface area contributed by atoms with Crippen molar-refractivity contribution in [1.29, 1.82) is 0 Å². The van der Waals surface area contributed by atoms with Gasteiger partial charge in [-0.1, -0.05) is 59.5 Å². The van der Waals surface area contributed by atoms with Gasteiger partial charge in [-0.25, -0.2) is 4.79 Å². The third-order valence-corrected chi connectivity index (χ3v) is 6.94. The molecule has 0 spiro atoms. The first kappa shape index (κ1) is 41.9. The van der Waals surface area contributed by atoms with Crippen molar-refractivity contribution in [2.24, 2.45) is 11.8 Å². The highest BCUT2D eigenvalue weighted by Crippen LogP contribution is 2.28. The van der Waals surface area contributed by atoms with Gasteiger partial charge in [-0.15, -0.1) is 18.9 Å². The van der Waals surface area contributed by atoms with Crippen molar-refractivity contribution in [3.8, 4) is 12.3 Å². The molecule has 3 unspecified atom stereocenters. The smallest absolute Gasteiger partial charge is 0.315 e. The maximum atomic E-state index is 13.4. The normalized spacial score (nSPS) is 17.2. The van der Waals surface area contributed by atoms with Crippen LogP contribution in [0.4, 0.5) is 4.79 Å². The number of nitrogens with zero attached hydrogens (tertiary/aromatic N) is 1. The number of likely N-dealkylation sites (N-methyl/N-ethyl adjacent to an activating group) is 1. The molecule has 1 heterocycles. The number of carbonyl (C=O) groups excluding carboxylic acids is 5. The monoisotopic (exact) mass is 605 g/mol. The lowest BCUT2D eigenvalue weighted by atomic mass is 9.83. The van der Waals surface area contributed by atoms with Crippen LogP contribution >= 0.6 is 0 Å². The van der Waals surface area contributed by atoms with Crippen LogP contribution in [0, 0.1) is 24.2 Å². The number of rotatable bonds is 12. The van der Waals surface area contributed by atoms with E-state index in [4.69, 9.17) is 6.42 Å². The van der Waals surface area contributed by atoms with Gasteiger partial charge < -0.3 is 26.2 Å². The van der Waals surface area contributed by atoms with Gasteiger partial charge in [-0.3, -0.25) is 19.2 Å². The maximum Gasteiger partial charge on any atom is 0.315 e. The molecule has 43 heavy (non-hydrogen) atoms. The molecule has 4 N–H and O–H groups in total. The van der Waals surface area contributed by atoms with Crippen LogP contribution in [0.2, 0.25) is 0 Å². The van der Waals surface area contributed by atoms with E-state index in [-0.39, 0.29) is 30.6 Å². The lowest BCUT2D eigenvalue weighted by Gasteiger charge is -2.37. The van der Waals surface area contributed by atoms with Crippen LogP contribution in [0.3, 0.4) is 0 Å². The number of carbonyl (C=O) groups is 5. The van der Waals surface area contributed by atoms with Crippen LogP contribution in [0.1, 0.15) is 98.3 Å². The summed E-state index contributed by atoms with van der Waals surface area (Å²) in [4.78, 5) is 62.9. The van der Waals surface area contributed by atoms with Gasteiger partial charge in [0.05, 0.1) is 12.0 Å². The lowest BCUT2D eigenvalue weighted by molar-refractivity contribution is -0.140. The number of Topliss-reactive ketones (excluding diaryl/α,β-unsaturated/α-hetero) is 1. The molecule has 0 aromatic rings. The first-order valence-corrected chi connectivity index (χ1v) is 16.0. The topological polar surface area (TPSA) is 137 Å². The molecule has 1 saturated carbocycles. The second-order valence-electron chi connectivity index (χ2n) is 10.5.